The number of ether oxygens (including phenoxy) is 1. The molecule has 0 aromatic heterocycles. The van der Waals surface area contributed by atoms with Crippen LogP contribution in [0, 0.1) is 11.7 Å². The maximum absolute atomic E-state index is 13.7. The first kappa shape index (κ1) is 18.5. The Morgan fingerprint density at radius 2 is 2.17 bits per heavy atom. The minimum absolute atomic E-state index is 0.154. The summed E-state index contributed by atoms with van der Waals surface area (Å²) < 4.78 is 55.1. The molecule has 1 aliphatic heterocycles. The minimum atomic E-state index is -4.41. The summed E-state index contributed by atoms with van der Waals surface area (Å²) in [7, 11) is 1.38. The smallest absolute Gasteiger partial charge is 0.405 e. The molecule has 24 heavy (non-hydrogen) atoms. The number of amides is 1. The van der Waals surface area contributed by atoms with Crippen LogP contribution in [0.25, 0.3) is 0 Å². The van der Waals surface area contributed by atoms with E-state index in [1.54, 1.807) is 6.07 Å². The lowest BCUT2D eigenvalue weighted by Gasteiger charge is -2.32. The molecular formula is C16H20F4N2O2. The molecule has 1 amide bonds. The van der Waals surface area contributed by atoms with E-state index in [4.69, 9.17) is 4.74 Å². The molecule has 1 aromatic rings. The quantitative estimate of drug-likeness (QED) is 0.832. The fourth-order valence-corrected chi connectivity index (χ4v) is 2.81. The lowest BCUT2D eigenvalue weighted by molar-refractivity contribution is -0.141. The van der Waals surface area contributed by atoms with Gasteiger partial charge in [-0.1, -0.05) is 6.07 Å². The minimum Gasteiger partial charge on any atom is -0.494 e. The van der Waals surface area contributed by atoms with E-state index in [9.17, 15) is 22.4 Å². The van der Waals surface area contributed by atoms with Gasteiger partial charge in [-0.25, -0.2) is 4.39 Å². The summed E-state index contributed by atoms with van der Waals surface area (Å²) in [5, 5.41) is 1.93. The van der Waals surface area contributed by atoms with Gasteiger partial charge < -0.3 is 10.1 Å². The van der Waals surface area contributed by atoms with E-state index in [-0.39, 0.29) is 5.75 Å². The van der Waals surface area contributed by atoms with Crippen LogP contribution in [0.1, 0.15) is 18.4 Å². The molecule has 134 valence electrons. The topological polar surface area (TPSA) is 41.6 Å². The third kappa shape index (κ3) is 5.36. The van der Waals surface area contributed by atoms with E-state index in [0.29, 0.717) is 25.9 Å². The van der Waals surface area contributed by atoms with E-state index < -0.39 is 30.4 Å². The zero-order chi connectivity index (χ0) is 17.7. The summed E-state index contributed by atoms with van der Waals surface area (Å²) in [5.74, 6) is -1.38. The van der Waals surface area contributed by atoms with Gasteiger partial charge in [-0.3, -0.25) is 9.69 Å². The number of hydrogen-bond acceptors (Lipinski definition) is 3. The maximum atomic E-state index is 13.7. The number of rotatable bonds is 5. The molecular weight excluding hydrogens is 328 g/mol. The summed E-state index contributed by atoms with van der Waals surface area (Å²) in [6.07, 6.45) is -3.15. The number of hydrogen-bond donors (Lipinski definition) is 1. The fourth-order valence-electron chi connectivity index (χ4n) is 2.81. The van der Waals surface area contributed by atoms with Gasteiger partial charge in [-0.15, -0.1) is 0 Å². The standard InChI is InChI=1S/C16H20F4N2O2/c1-24-14-5-4-11(7-13(14)17)8-22-6-2-3-12(9-22)15(23)21-10-16(18,19)20/h4-5,7,12H,2-3,6,8-10H2,1H3,(H,21,23)/t12-/m0/s1. The van der Waals surface area contributed by atoms with E-state index >= 15 is 0 Å². The molecule has 1 atom stereocenters. The lowest BCUT2D eigenvalue weighted by atomic mass is 9.96. The average Bonchev–Trinajstić information content (AvgIpc) is 2.52. The van der Waals surface area contributed by atoms with Crippen LogP contribution in [-0.4, -0.2) is 43.7 Å². The van der Waals surface area contributed by atoms with Gasteiger partial charge in [0, 0.05) is 13.1 Å². The zero-order valence-electron chi connectivity index (χ0n) is 13.3. The number of carbonyl (C=O) groups excluding carboxylic acids is 1. The molecule has 0 aliphatic carbocycles. The first-order valence-electron chi connectivity index (χ1n) is 7.67. The molecule has 1 aliphatic rings. The predicted octanol–water partition coefficient (Wildman–Crippen LogP) is 2.72. The Bertz CT molecular complexity index is 578. The molecule has 0 unspecified atom stereocenters. The normalized spacial score (nSPS) is 19.1. The van der Waals surface area contributed by atoms with Crippen molar-refractivity contribution in [2.75, 3.05) is 26.7 Å². The van der Waals surface area contributed by atoms with E-state index in [2.05, 4.69) is 0 Å². The van der Waals surface area contributed by atoms with Gasteiger partial charge in [0.2, 0.25) is 5.91 Å². The van der Waals surface area contributed by atoms with Gasteiger partial charge in [-0.2, -0.15) is 13.2 Å². The molecule has 0 bridgehead atoms. The zero-order valence-corrected chi connectivity index (χ0v) is 13.3. The molecule has 1 saturated heterocycles. The van der Waals surface area contributed by atoms with Crippen molar-refractivity contribution in [3.63, 3.8) is 0 Å². The van der Waals surface area contributed by atoms with Gasteiger partial charge in [0.15, 0.2) is 11.6 Å². The van der Waals surface area contributed by atoms with Crippen molar-refractivity contribution in [2.24, 2.45) is 5.92 Å². The summed E-state index contributed by atoms with van der Waals surface area (Å²) >= 11 is 0. The Morgan fingerprint density at radius 3 is 2.79 bits per heavy atom. The van der Waals surface area contributed by atoms with E-state index in [1.807, 2.05) is 10.2 Å². The molecule has 1 aromatic carbocycles. The third-order valence-corrected chi connectivity index (χ3v) is 3.96. The Balaban J connectivity index is 1.91. The second-order valence-electron chi connectivity index (χ2n) is 5.88. The largest absolute Gasteiger partial charge is 0.494 e. The highest BCUT2D eigenvalue weighted by atomic mass is 19.4. The number of alkyl halides is 3. The van der Waals surface area contributed by atoms with E-state index in [0.717, 1.165) is 12.1 Å². The van der Waals surface area contributed by atoms with Crippen molar-refractivity contribution in [3.05, 3.63) is 29.6 Å². The molecule has 1 N–H and O–H groups in total. The van der Waals surface area contributed by atoms with Crippen LogP contribution in [-0.2, 0) is 11.3 Å². The second kappa shape index (κ2) is 7.83. The van der Waals surface area contributed by atoms with Gasteiger partial charge in [-0.05, 0) is 37.1 Å². The van der Waals surface area contributed by atoms with Crippen molar-refractivity contribution in [1.29, 1.82) is 0 Å². The number of carbonyl (C=O) groups is 1. The Kier molecular flexibility index (Phi) is 6.04. The van der Waals surface area contributed by atoms with Gasteiger partial charge in [0.05, 0.1) is 13.0 Å². The van der Waals surface area contributed by atoms with Crippen LogP contribution in [0.15, 0.2) is 18.2 Å². The molecule has 8 heteroatoms. The number of methoxy groups -OCH3 is 1. The maximum Gasteiger partial charge on any atom is 0.405 e. The molecule has 2 rings (SSSR count). The van der Waals surface area contributed by atoms with Crippen molar-refractivity contribution >= 4 is 5.91 Å². The molecule has 0 radical (unpaired) electrons. The monoisotopic (exact) mass is 348 g/mol. The SMILES string of the molecule is COc1ccc(CN2CCC[C@H](C(=O)NCC(F)(F)F)C2)cc1F. The highest BCUT2D eigenvalue weighted by molar-refractivity contribution is 5.79. The summed E-state index contributed by atoms with van der Waals surface area (Å²) in [5.41, 5.74) is 0.727. The summed E-state index contributed by atoms with van der Waals surface area (Å²) in [4.78, 5) is 13.8. The molecule has 0 saturated carbocycles. The van der Waals surface area contributed by atoms with Crippen molar-refractivity contribution in [1.82, 2.24) is 10.2 Å². The number of benzene rings is 1. The van der Waals surface area contributed by atoms with Gasteiger partial charge in [0.25, 0.3) is 0 Å². The predicted molar refractivity (Wildman–Crippen MR) is 80.0 cm³/mol. The number of piperidine rings is 1. The highest BCUT2D eigenvalue weighted by Crippen LogP contribution is 2.22. The first-order valence-corrected chi connectivity index (χ1v) is 7.67. The fraction of sp³-hybridized carbons (Fsp3) is 0.562. The first-order chi connectivity index (χ1) is 11.3. The van der Waals surface area contributed by atoms with Crippen LogP contribution in [0.2, 0.25) is 0 Å². The van der Waals surface area contributed by atoms with Gasteiger partial charge in [0.1, 0.15) is 6.54 Å². The summed E-state index contributed by atoms with van der Waals surface area (Å²) in [6, 6.07) is 4.63. The van der Waals surface area contributed by atoms with Crippen LogP contribution in [0.3, 0.4) is 0 Å². The third-order valence-electron chi connectivity index (χ3n) is 3.96. The second-order valence-corrected chi connectivity index (χ2v) is 5.88. The Morgan fingerprint density at radius 1 is 1.42 bits per heavy atom. The summed E-state index contributed by atoms with van der Waals surface area (Å²) in [6.45, 7) is 0.198. The Hall–Kier alpha value is -1.83. The van der Waals surface area contributed by atoms with Gasteiger partial charge >= 0.3 is 6.18 Å². The lowest BCUT2D eigenvalue weighted by Crippen LogP contribution is -2.44. The molecule has 1 heterocycles. The van der Waals surface area contributed by atoms with Crippen LogP contribution in [0.4, 0.5) is 17.6 Å². The average molecular weight is 348 g/mol. The van der Waals surface area contributed by atoms with Crippen LogP contribution in [0.5, 0.6) is 5.75 Å². The van der Waals surface area contributed by atoms with Crippen molar-refractivity contribution < 1.29 is 27.1 Å². The molecule has 0 spiro atoms. The number of likely N-dealkylation sites (tertiary alicyclic amines) is 1. The Labute approximate surface area is 137 Å². The van der Waals surface area contributed by atoms with Crippen LogP contribution < -0.4 is 10.1 Å². The molecule has 4 nitrogen and oxygen atoms in total. The number of halogens is 4. The van der Waals surface area contributed by atoms with Crippen molar-refractivity contribution in [2.45, 2.75) is 25.6 Å². The number of nitrogens with one attached hydrogen (secondary N) is 1. The van der Waals surface area contributed by atoms with Crippen LogP contribution >= 0.6 is 0 Å². The van der Waals surface area contributed by atoms with E-state index in [1.165, 1.54) is 19.2 Å². The highest BCUT2D eigenvalue weighted by Gasteiger charge is 2.31. The van der Waals surface area contributed by atoms with Crippen molar-refractivity contribution in [3.8, 4) is 5.75 Å². The molecule has 1 fully saturated rings. The number of nitrogens with zero attached hydrogens (tertiary/aromatic N) is 1.